The number of benzene rings is 1. The van der Waals surface area contributed by atoms with E-state index in [-0.39, 0.29) is 28.5 Å². The average Bonchev–Trinajstić information content (AvgIpc) is 3.28. The van der Waals surface area contributed by atoms with Crippen molar-refractivity contribution in [2.75, 3.05) is 10.6 Å². The second-order valence-corrected chi connectivity index (χ2v) is 8.21. The van der Waals surface area contributed by atoms with Crippen molar-refractivity contribution in [3.05, 3.63) is 69.8 Å². The van der Waals surface area contributed by atoms with E-state index in [9.17, 15) is 31.1 Å². The van der Waals surface area contributed by atoms with Gasteiger partial charge >= 0.3 is 12.4 Å². The molecule has 0 fully saturated rings. The van der Waals surface area contributed by atoms with Gasteiger partial charge in [-0.05, 0) is 55.0 Å². The van der Waals surface area contributed by atoms with Crippen LogP contribution in [-0.4, -0.2) is 21.0 Å². The Morgan fingerprint density at radius 3 is 2.15 bits per heavy atom. The van der Waals surface area contributed by atoms with Crippen LogP contribution in [0.25, 0.3) is 0 Å². The molecule has 0 unspecified atom stereocenters. The highest BCUT2D eigenvalue weighted by molar-refractivity contribution is 7.80. The number of carbonyl (C=O) groups is 1. The summed E-state index contributed by atoms with van der Waals surface area (Å²) in [7, 11) is 0. The molecular weight excluding hydrogens is 504 g/mol. The third kappa shape index (κ3) is 6.63. The Hall–Kier alpha value is -3.26. The maximum Gasteiger partial charge on any atom is 0.416 e. The fourth-order valence-electron chi connectivity index (χ4n) is 2.72. The molecule has 3 aromatic rings. The summed E-state index contributed by atoms with van der Waals surface area (Å²) in [6, 6.07) is 3.37. The number of thiazole rings is 1. The molecule has 0 aliphatic carbocycles. The summed E-state index contributed by atoms with van der Waals surface area (Å²) in [5.41, 5.74) is -1.19. The summed E-state index contributed by atoms with van der Waals surface area (Å²) in [6.45, 7) is 1.37. The first kappa shape index (κ1) is 25.4. The van der Waals surface area contributed by atoms with Gasteiger partial charge in [-0.3, -0.25) is 9.78 Å². The molecule has 2 heterocycles. The molecule has 2 aromatic heterocycles. The standard InChI is InChI=1S/C20H15F6N5OS2/c1-10(11-4-12(19(21,22)23)6-13(5-11)20(24,25)26)29-18(33)30-14-2-3-16(28-7-14)31-17(32)15-8-27-9-34-15/h2-10H,1H3,(H,28,31,32)(H2,29,30,33)/t10-/m0/s1. The summed E-state index contributed by atoms with van der Waals surface area (Å²) in [6.07, 6.45) is -7.15. The van der Waals surface area contributed by atoms with E-state index in [2.05, 4.69) is 25.9 Å². The molecular formula is C20H15F6N5OS2. The van der Waals surface area contributed by atoms with E-state index in [0.717, 1.165) is 11.3 Å². The van der Waals surface area contributed by atoms with Gasteiger partial charge in [0.15, 0.2) is 5.11 Å². The van der Waals surface area contributed by atoms with Gasteiger partial charge in [0.1, 0.15) is 10.7 Å². The summed E-state index contributed by atoms with van der Waals surface area (Å²) in [5.74, 6) is -0.138. The maximum atomic E-state index is 13.1. The van der Waals surface area contributed by atoms with Gasteiger partial charge < -0.3 is 16.0 Å². The number of hydrogen-bond acceptors (Lipinski definition) is 5. The minimum absolute atomic E-state index is 0.0540. The molecule has 6 nitrogen and oxygen atoms in total. The van der Waals surface area contributed by atoms with E-state index in [1.54, 1.807) is 0 Å². The van der Waals surface area contributed by atoms with Crippen LogP contribution in [0.4, 0.5) is 37.8 Å². The maximum absolute atomic E-state index is 13.1. The monoisotopic (exact) mass is 519 g/mol. The first-order valence-corrected chi connectivity index (χ1v) is 10.6. The highest BCUT2D eigenvalue weighted by Gasteiger charge is 2.37. The van der Waals surface area contributed by atoms with Gasteiger partial charge in [0.2, 0.25) is 0 Å². The number of amides is 1. The predicted octanol–water partition coefficient (Wildman–Crippen LogP) is 5.88. The third-order valence-electron chi connectivity index (χ3n) is 4.38. The van der Waals surface area contributed by atoms with Crippen LogP contribution in [0.1, 0.15) is 39.3 Å². The van der Waals surface area contributed by atoms with Crippen molar-refractivity contribution < 1.29 is 31.1 Å². The van der Waals surface area contributed by atoms with Gasteiger partial charge in [-0.15, -0.1) is 11.3 Å². The molecule has 0 aliphatic heterocycles. The molecule has 0 saturated heterocycles. The number of anilines is 2. The molecule has 3 rings (SSSR count). The normalized spacial score (nSPS) is 12.7. The molecule has 0 bridgehead atoms. The van der Waals surface area contributed by atoms with E-state index in [0.29, 0.717) is 22.7 Å². The van der Waals surface area contributed by atoms with E-state index in [4.69, 9.17) is 12.2 Å². The van der Waals surface area contributed by atoms with E-state index in [1.165, 1.54) is 37.0 Å². The van der Waals surface area contributed by atoms with Crippen molar-refractivity contribution in [2.45, 2.75) is 25.3 Å². The molecule has 0 spiro atoms. The Balaban J connectivity index is 1.66. The fraction of sp³-hybridized carbons (Fsp3) is 0.200. The van der Waals surface area contributed by atoms with Gasteiger partial charge in [-0.1, -0.05) is 0 Å². The van der Waals surface area contributed by atoms with Crippen molar-refractivity contribution in [2.24, 2.45) is 0 Å². The van der Waals surface area contributed by atoms with Crippen LogP contribution in [0.2, 0.25) is 0 Å². The molecule has 1 aromatic carbocycles. The zero-order valence-corrected chi connectivity index (χ0v) is 18.7. The highest BCUT2D eigenvalue weighted by Crippen LogP contribution is 2.37. The molecule has 3 N–H and O–H groups in total. The Morgan fingerprint density at radius 2 is 1.65 bits per heavy atom. The van der Waals surface area contributed by atoms with E-state index >= 15 is 0 Å². The second-order valence-electron chi connectivity index (χ2n) is 6.91. The second kappa shape index (κ2) is 9.93. The van der Waals surface area contributed by atoms with Gasteiger partial charge in [-0.25, -0.2) is 4.98 Å². The van der Waals surface area contributed by atoms with Crippen molar-refractivity contribution in [3.8, 4) is 0 Å². The zero-order chi connectivity index (χ0) is 25.1. The fourth-order valence-corrected chi connectivity index (χ4v) is 3.53. The zero-order valence-electron chi connectivity index (χ0n) is 17.1. The first-order chi connectivity index (χ1) is 15.8. The summed E-state index contributed by atoms with van der Waals surface area (Å²) < 4.78 is 78.5. The summed E-state index contributed by atoms with van der Waals surface area (Å²) in [5, 5.41) is 7.90. The predicted molar refractivity (Wildman–Crippen MR) is 119 cm³/mol. The van der Waals surface area contributed by atoms with Crippen LogP contribution in [0, 0.1) is 0 Å². The van der Waals surface area contributed by atoms with Crippen LogP contribution in [-0.2, 0) is 12.4 Å². The number of thiocarbonyl (C=S) groups is 1. The van der Waals surface area contributed by atoms with Gasteiger partial charge in [-0.2, -0.15) is 26.3 Å². The Kier molecular flexibility index (Phi) is 7.41. The molecule has 0 radical (unpaired) electrons. The number of nitrogens with zero attached hydrogens (tertiary/aromatic N) is 2. The number of rotatable bonds is 5. The van der Waals surface area contributed by atoms with E-state index in [1.807, 2.05) is 0 Å². The first-order valence-electron chi connectivity index (χ1n) is 9.35. The van der Waals surface area contributed by atoms with E-state index < -0.39 is 29.5 Å². The number of pyridine rings is 1. The van der Waals surface area contributed by atoms with Gasteiger partial charge in [0, 0.05) is 0 Å². The number of aromatic nitrogens is 2. The topological polar surface area (TPSA) is 78.9 Å². The summed E-state index contributed by atoms with van der Waals surface area (Å²) in [4.78, 5) is 20.2. The molecule has 1 amide bonds. The van der Waals surface area contributed by atoms with Crippen LogP contribution in [0.5, 0.6) is 0 Å². The third-order valence-corrected chi connectivity index (χ3v) is 5.37. The number of halogens is 6. The highest BCUT2D eigenvalue weighted by atomic mass is 32.1. The van der Waals surface area contributed by atoms with Crippen LogP contribution >= 0.6 is 23.6 Å². The number of alkyl halides is 6. The van der Waals surface area contributed by atoms with Gasteiger partial charge in [0.05, 0.1) is 40.8 Å². The number of carbonyl (C=O) groups excluding carboxylic acids is 1. The largest absolute Gasteiger partial charge is 0.416 e. The smallest absolute Gasteiger partial charge is 0.356 e. The minimum atomic E-state index is -4.95. The van der Waals surface area contributed by atoms with Crippen molar-refractivity contribution in [1.82, 2.24) is 15.3 Å². The molecule has 14 heteroatoms. The lowest BCUT2D eigenvalue weighted by Gasteiger charge is -2.20. The Morgan fingerprint density at radius 1 is 1.00 bits per heavy atom. The van der Waals surface area contributed by atoms with Gasteiger partial charge in [0.25, 0.3) is 5.91 Å². The van der Waals surface area contributed by atoms with Crippen molar-refractivity contribution in [3.63, 3.8) is 0 Å². The Labute approximate surface area is 198 Å². The Bertz CT molecular complexity index is 1130. The lowest BCUT2D eigenvalue weighted by atomic mass is 10.0. The van der Waals surface area contributed by atoms with Crippen LogP contribution < -0.4 is 16.0 Å². The lowest BCUT2D eigenvalue weighted by Crippen LogP contribution is -2.31. The molecule has 0 aliphatic rings. The van der Waals surface area contributed by atoms with Crippen molar-refractivity contribution >= 4 is 46.1 Å². The van der Waals surface area contributed by atoms with Crippen LogP contribution in [0.3, 0.4) is 0 Å². The molecule has 34 heavy (non-hydrogen) atoms. The molecule has 0 saturated carbocycles. The van der Waals surface area contributed by atoms with Crippen LogP contribution in [0.15, 0.2) is 48.2 Å². The number of hydrogen-bond donors (Lipinski definition) is 3. The summed E-state index contributed by atoms with van der Waals surface area (Å²) >= 11 is 6.27. The average molecular weight is 519 g/mol. The SMILES string of the molecule is C[C@H](NC(=S)Nc1ccc(NC(=O)c2cncs2)nc1)c1cc(C(F)(F)F)cc(C(F)(F)F)c1. The number of nitrogens with one attached hydrogen (secondary N) is 3. The quantitative estimate of drug-likeness (QED) is 0.289. The minimum Gasteiger partial charge on any atom is -0.356 e. The van der Waals surface area contributed by atoms with Crippen molar-refractivity contribution in [1.29, 1.82) is 0 Å². The lowest BCUT2D eigenvalue weighted by molar-refractivity contribution is -0.143. The molecule has 180 valence electrons. The molecule has 1 atom stereocenters.